The molecule has 50 valence electrons. The predicted molar refractivity (Wildman–Crippen MR) is 36.1 cm³/mol. The van der Waals surface area contributed by atoms with E-state index in [4.69, 9.17) is 15.8 Å². The zero-order valence-corrected chi connectivity index (χ0v) is 5.13. The molecule has 0 aromatic carbocycles. The molecule has 1 aliphatic rings. The van der Waals surface area contributed by atoms with Gasteiger partial charge in [0.2, 0.25) is 0 Å². The summed E-state index contributed by atoms with van der Waals surface area (Å²) in [5.74, 6) is -0.228. The van der Waals surface area contributed by atoms with Crippen LogP contribution >= 0.6 is 0 Å². The number of aliphatic hydroxyl groups is 1. The van der Waals surface area contributed by atoms with Gasteiger partial charge in [-0.25, -0.2) is 4.99 Å². The smallest absolute Gasteiger partial charge is 0.165 e. The van der Waals surface area contributed by atoms with Crippen molar-refractivity contribution in [2.45, 2.75) is 6.42 Å². The zero-order valence-electron chi connectivity index (χ0n) is 5.13. The number of dihydropyridines is 1. The summed E-state index contributed by atoms with van der Waals surface area (Å²) in [6.07, 6.45) is 1.66. The Morgan fingerprint density at radius 2 is 2.50 bits per heavy atom. The van der Waals surface area contributed by atoms with Gasteiger partial charge in [-0.1, -0.05) is 0 Å². The van der Waals surface area contributed by atoms with Crippen molar-refractivity contribution >= 4 is 12.1 Å². The van der Waals surface area contributed by atoms with Crippen LogP contribution in [-0.2, 0) is 0 Å². The second-order valence-electron chi connectivity index (χ2n) is 1.80. The van der Waals surface area contributed by atoms with Gasteiger partial charge in [-0.3, -0.25) is 5.41 Å². The van der Waals surface area contributed by atoms with Gasteiger partial charge >= 0.3 is 0 Å². The maximum Gasteiger partial charge on any atom is 0.165 e. The van der Waals surface area contributed by atoms with Crippen LogP contribution in [0.2, 0.25) is 0 Å². The highest BCUT2D eigenvalue weighted by Crippen LogP contribution is 2.09. The molecule has 0 fully saturated rings. The van der Waals surface area contributed by atoms with Crippen molar-refractivity contribution in [3.63, 3.8) is 0 Å². The monoisotopic (exact) mass is 135 g/mol. The molecule has 0 bridgehead atoms. The van der Waals surface area contributed by atoms with Crippen molar-refractivity contribution in [1.29, 1.82) is 10.7 Å². The van der Waals surface area contributed by atoms with Gasteiger partial charge in [0.25, 0.3) is 0 Å². The SMILES string of the molecule is N#CC1=C(O)CC=NC1=N. The van der Waals surface area contributed by atoms with Crippen molar-refractivity contribution < 1.29 is 5.11 Å². The van der Waals surface area contributed by atoms with Crippen LogP contribution in [-0.4, -0.2) is 17.2 Å². The Morgan fingerprint density at radius 3 is 2.90 bits per heavy atom. The Bertz CT molecular complexity index is 269. The van der Waals surface area contributed by atoms with Gasteiger partial charge in [0.05, 0.1) is 0 Å². The highest BCUT2D eigenvalue weighted by Gasteiger charge is 2.12. The zero-order chi connectivity index (χ0) is 7.56. The second-order valence-corrected chi connectivity index (χ2v) is 1.80. The molecule has 4 nitrogen and oxygen atoms in total. The van der Waals surface area contributed by atoms with Crippen LogP contribution in [0.1, 0.15) is 6.42 Å². The summed E-state index contributed by atoms with van der Waals surface area (Å²) in [6, 6.07) is 1.69. The molecule has 0 unspecified atom stereocenters. The van der Waals surface area contributed by atoms with Gasteiger partial charge in [-0.05, 0) is 0 Å². The molecular weight excluding hydrogens is 130 g/mol. The van der Waals surface area contributed by atoms with E-state index in [1.54, 1.807) is 6.07 Å². The number of rotatable bonds is 0. The number of nitrogens with zero attached hydrogens (tertiary/aromatic N) is 2. The Kier molecular flexibility index (Phi) is 1.50. The van der Waals surface area contributed by atoms with Crippen molar-refractivity contribution in [3.05, 3.63) is 11.3 Å². The molecule has 0 aromatic rings. The Hall–Kier alpha value is -1.63. The third-order valence-corrected chi connectivity index (χ3v) is 1.14. The first kappa shape index (κ1) is 6.49. The first-order valence-electron chi connectivity index (χ1n) is 2.69. The van der Waals surface area contributed by atoms with Gasteiger partial charge in [0, 0.05) is 12.6 Å². The number of nitrogens with one attached hydrogen (secondary N) is 1. The third kappa shape index (κ3) is 0.890. The summed E-state index contributed by atoms with van der Waals surface area (Å²) in [6.45, 7) is 0. The van der Waals surface area contributed by atoms with Crippen LogP contribution < -0.4 is 0 Å². The van der Waals surface area contributed by atoms with E-state index in [1.165, 1.54) is 6.21 Å². The summed E-state index contributed by atoms with van der Waals surface area (Å²) in [5, 5.41) is 24.4. The van der Waals surface area contributed by atoms with E-state index in [-0.39, 0.29) is 23.6 Å². The minimum absolute atomic E-state index is 0.0255. The van der Waals surface area contributed by atoms with Crippen molar-refractivity contribution in [2.75, 3.05) is 0 Å². The van der Waals surface area contributed by atoms with Gasteiger partial charge in [0.15, 0.2) is 5.84 Å². The predicted octanol–water partition coefficient (Wildman–Crippen LogP) is 0.774. The average molecular weight is 135 g/mol. The largest absolute Gasteiger partial charge is 0.510 e. The Balaban J connectivity index is 3.04. The molecule has 0 saturated carbocycles. The van der Waals surface area contributed by atoms with Crippen LogP contribution in [0.25, 0.3) is 0 Å². The Labute approximate surface area is 57.6 Å². The maximum absolute atomic E-state index is 8.96. The molecular formula is C6H5N3O. The lowest BCUT2D eigenvalue weighted by Crippen LogP contribution is -2.06. The van der Waals surface area contributed by atoms with Crippen LogP contribution in [0.4, 0.5) is 0 Å². The standard InChI is InChI=1S/C6H5N3O/c7-3-4-5(10)1-2-9-6(4)8/h2,8,10H,1H2. The van der Waals surface area contributed by atoms with E-state index in [0.717, 1.165) is 0 Å². The van der Waals surface area contributed by atoms with E-state index in [1.807, 2.05) is 0 Å². The molecule has 1 aliphatic heterocycles. The first-order valence-corrected chi connectivity index (χ1v) is 2.69. The third-order valence-electron chi connectivity index (χ3n) is 1.14. The maximum atomic E-state index is 8.96. The first-order chi connectivity index (χ1) is 4.75. The summed E-state index contributed by atoms with van der Waals surface area (Å²) >= 11 is 0. The minimum Gasteiger partial charge on any atom is -0.510 e. The van der Waals surface area contributed by atoms with Crippen molar-refractivity contribution in [3.8, 4) is 6.07 Å². The molecule has 1 heterocycles. The fraction of sp³-hybridized carbons (Fsp3) is 0.167. The van der Waals surface area contributed by atoms with Crippen LogP contribution in [0, 0.1) is 16.7 Å². The number of aliphatic imine (C=N–C) groups is 1. The average Bonchev–Trinajstić information content (AvgIpc) is 1.88. The van der Waals surface area contributed by atoms with E-state index in [9.17, 15) is 0 Å². The molecule has 0 spiro atoms. The summed E-state index contributed by atoms with van der Waals surface area (Å²) in [7, 11) is 0. The fourth-order valence-electron chi connectivity index (χ4n) is 0.644. The summed E-state index contributed by atoms with van der Waals surface area (Å²) in [4.78, 5) is 3.55. The normalized spacial score (nSPS) is 17.3. The van der Waals surface area contributed by atoms with Gasteiger partial charge in [-0.2, -0.15) is 5.26 Å². The van der Waals surface area contributed by atoms with E-state index in [0.29, 0.717) is 0 Å². The molecule has 0 atom stereocenters. The number of nitriles is 1. The number of allylic oxidation sites excluding steroid dienone is 1. The number of aliphatic hydroxyl groups excluding tert-OH is 1. The Morgan fingerprint density at radius 1 is 1.80 bits per heavy atom. The van der Waals surface area contributed by atoms with Gasteiger partial charge < -0.3 is 5.11 Å². The fourth-order valence-corrected chi connectivity index (χ4v) is 0.644. The lowest BCUT2D eigenvalue weighted by Gasteiger charge is -2.03. The molecule has 0 aromatic heterocycles. The topological polar surface area (TPSA) is 80.2 Å². The molecule has 2 N–H and O–H groups in total. The second kappa shape index (κ2) is 2.31. The molecule has 1 rings (SSSR count). The molecule has 0 aliphatic carbocycles. The lowest BCUT2D eigenvalue weighted by atomic mass is 10.1. The molecule has 4 heteroatoms. The van der Waals surface area contributed by atoms with Gasteiger partial charge in [-0.15, -0.1) is 0 Å². The van der Waals surface area contributed by atoms with E-state index < -0.39 is 0 Å². The quantitative estimate of drug-likeness (QED) is 0.514. The van der Waals surface area contributed by atoms with E-state index in [2.05, 4.69) is 4.99 Å². The number of hydrogen-bond donors (Lipinski definition) is 2. The molecule has 10 heavy (non-hydrogen) atoms. The van der Waals surface area contributed by atoms with Crippen molar-refractivity contribution in [1.82, 2.24) is 0 Å². The summed E-state index contributed by atoms with van der Waals surface area (Å²) in [5.41, 5.74) is -0.0255. The highest BCUT2D eigenvalue weighted by atomic mass is 16.3. The van der Waals surface area contributed by atoms with Gasteiger partial charge in [0.1, 0.15) is 17.4 Å². The minimum atomic E-state index is -0.161. The lowest BCUT2D eigenvalue weighted by molar-refractivity contribution is 0.403. The number of hydrogen-bond acceptors (Lipinski definition) is 3. The number of amidine groups is 1. The molecule has 0 radical (unpaired) electrons. The highest BCUT2D eigenvalue weighted by molar-refractivity contribution is 6.06. The summed E-state index contributed by atoms with van der Waals surface area (Å²) < 4.78 is 0. The van der Waals surface area contributed by atoms with Crippen LogP contribution in [0.3, 0.4) is 0 Å². The van der Waals surface area contributed by atoms with Crippen LogP contribution in [0.15, 0.2) is 16.3 Å². The van der Waals surface area contributed by atoms with Crippen LogP contribution in [0.5, 0.6) is 0 Å². The van der Waals surface area contributed by atoms with E-state index >= 15 is 0 Å². The van der Waals surface area contributed by atoms with Crippen molar-refractivity contribution in [2.24, 2.45) is 4.99 Å². The molecule has 0 amide bonds. The molecule has 0 saturated heterocycles.